The van der Waals surface area contributed by atoms with Crippen LogP contribution in [0.15, 0.2) is 0 Å². The molecule has 0 aromatic rings. The van der Waals surface area contributed by atoms with Crippen molar-refractivity contribution in [1.29, 1.82) is 0 Å². The number of hydrogen-bond acceptors (Lipinski definition) is 4. The monoisotopic (exact) mass is 757 g/mol. The second kappa shape index (κ2) is 40.6. The van der Waals surface area contributed by atoms with E-state index < -0.39 is 28.8 Å². The Morgan fingerprint density at radius 3 is 0.808 bits per heavy atom. The first kappa shape index (κ1) is 51.9. The van der Waals surface area contributed by atoms with Crippen molar-refractivity contribution in [3.8, 4) is 0 Å². The fourth-order valence-corrected chi connectivity index (χ4v) is 12.2. The molecule has 0 spiro atoms. The Kier molecular flexibility index (Phi) is 40.5. The van der Waals surface area contributed by atoms with E-state index in [2.05, 4.69) is 20.8 Å². The molecule has 0 radical (unpaired) electrons. The van der Waals surface area contributed by atoms with Crippen LogP contribution < -0.4 is 0 Å². The van der Waals surface area contributed by atoms with Gasteiger partial charge in [-0.25, -0.2) is 10.0 Å². The van der Waals surface area contributed by atoms with E-state index in [1.807, 2.05) is 0 Å². The molecule has 0 aromatic carbocycles. The zero-order chi connectivity index (χ0) is 38.2. The van der Waals surface area contributed by atoms with E-state index >= 15 is 0 Å². The topological polar surface area (TPSA) is 77.8 Å². The number of unbranched alkanes of at least 4 members (excludes halogenated alkanes) is 33. The molecule has 314 valence electrons. The van der Waals surface area contributed by atoms with Gasteiger partial charge in [-0.3, -0.25) is 4.79 Å². The van der Waals surface area contributed by atoms with Gasteiger partial charge in [-0.1, -0.05) is 233 Å². The molecule has 0 amide bonds. The normalized spacial score (nSPS) is 13.5. The van der Waals surface area contributed by atoms with Crippen LogP contribution in [0.4, 0.5) is 0 Å². The summed E-state index contributed by atoms with van der Waals surface area (Å²) in [6, 6.07) is 0. The molecule has 2 atom stereocenters. The zero-order valence-corrected chi connectivity index (χ0v) is 36.6. The van der Waals surface area contributed by atoms with E-state index in [1.54, 1.807) is 0 Å². The van der Waals surface area contributed by atoms with Gasteiger partial charge in [0.2, 0.25) is 0 Å². The first-order valence-corrected chi connectivity index (χ1v) is 26.0. The molecule has 0 heterocycles. The zero-order valence-electron chi connectivity index (χ0n) is 35.8. The molecule has 0 aliphatic rings. The molecular weight excluding hydrogens is 661 g/mol. The average Bonchev–Trinajstić information content (AvgIpc) is 3.15. The molecule has 3 N–H and O–H groups in total. The van der Waals surface area contributed by atoms with Crippen molar-refractivity contribution < 1.29 is 20.1 Å². The van der Waals surface area contributed by atoms with Crippen molar-refractivity contribution in [1.82, 2.24) is 0 Å². The minimum absolute atomic E-state index is 0.228. The Morgan fingerprint density at radius 2 is 0.596 bits per heavy atom. The molecule has 0 bridgehead atoms. The number of rotatable bonds is 44. The van der Waals surface area contributed by atoms with Crippen molar-refractivity contribution >= 4 is 15.8 Å². The maximum atomic E-state index is 13.4. The van der Waals surface area contributed by atoms with Crippen molar-refractivity contribution in [3.63, 3.8) is 0 Å². The van der Waals surface area contributed by atoms with Crippen LogP contribution in [0.2, 0.25) is 0 Å². The van der Waals surface area contributed by atoms with Crippen LogP contribution in [0.25, 0.3) is 0 Å². The number of carbonyl (C=O) groups excluding carboxylic acids is 1. The minimum Gasteiger partial charge on any atom is -0.394 e. The fraction of sp³-hybridized carbons (Fsp3) is 0.979. The van der Waals surface area contributed by atoms with Gasteiger partial charge < -0.3 is 15.3 Å². The summed E-state index contributed by atoms with van der Waals surface area (Å²) >= 11 is 0. The fourth-order valence-electron chi connectivity index (χ4n) is 7.97. The van der Waals surface area contributed by atoms with Gasteiger partial charge in [0.1, 0.15) is 12.2 Å². The van der Waals surface area contributed by atoms with Crippen LogP contribution in [0.1, 0.15) is 252 Å². The number of ketones is 1. The van der Waals surface area contributed by atoms with Crippen molar-refractivity contribution in [2.75, 3.05) is 29.6 Å². The molecule has 0 aliphatic carbocycles. The Bertz CT molecular complexity index is 646. The summed E-state index contributed by atoms with van der Waals surface area (Å²) in [6.45, 7) is 6.29. The van der Waals surface area contributed by atoms with Crippen molar-refractivity contribution in [2.45, 2.75) is 264 Å². The number of Topliss-reactive ketones (excluding diaryl/α,β-unsaturated/α-hetero) is 1. The Balaban J connectivity index is 5.00. The molecule has 0 saturated heterocycles. The number of hydrogen-bond donors (Lipinski definition) is 3. The largest absolute Gasteiger partial charge is 0.394 e. The highest BCUT2D eigenvalue weighted by Crippen LogP contribution is 2.51. The van der Waals surface area contributed by atoms with Gasteiger partial charge in [-0.05, 0) is 36.5 Å². The second-order valence-electron chi connectivity index (χ2n) is 16.8. The lowest BCUT2D eigenvalue weighted by Crippen LogP contribution is -2.40. The van der Waals surface area contributed by atoms with Crippen LogP contribution >= 0.6 is 10.0 Å². The lowest BCUT2D eigenvalue weighted by atomic mass is 10.1. The molecule has 52 heavy (non-hydrogen) atoms. The van der Waals surface area contributed by atoms with E-state index in [-0.39, 0.29) is 5.78 Å². The molecule has 0 rings (SSSR count). The Morgan fingerprint density at radius 1 is 0.385 bits per heavy atom. The lowest BCUT2D eigenvalue weighted by Gasteiger charge is -2.41. The quantitative estimate of drug-likeness (QED) is 0.0541. The van der Waals surface area contributed by atoms with Gasteiger partial charge in [-0.2, -0.15) is 0 Å². The Labute approximate surface area is 328 Å². The molecule has 0 aliphatic heterocycles. The average molecular weight is 757 g/mol. The van der Waals surface area contributed by atoms with Gasteiger partial charge in [0.05, 0.1) is 6.61 Å². The highest BCUT2D eigenvalue weighted by atomic mass is 32.3. The van der Waals surface area contributed by atoms with E-state index in [0.717, 1.165) is 17.3 Å². The summed E-state index contributed by atoms with van der Waals surface area (Å²) < 4.78 is 0. The maximum Gasteiger partial charge on any atom is 0.172 e. The summed E-state index contributed by atoms with van der Waals surface area (Å²) in [6.07, 6.45) is 45.4. The third kappa shape index (κ3) is 33.3. The van der Waals surface area contributed by atoms with Gasteiger partial charge in [-0.15, -0.1) is 0 Å². The minimum atomic E-state index is -1.46. The second-order valence-corrected chi connectivity index (χ2v) is 20.8. The SMILES string of the molecule is CCCCCCCCCCCCCCS(CCCCCCCCCCCCCC)(CCCCCCCCCCCCCC)CC(=O)C(O)C(O)CO. The molecule has 0 fully saturated rings. The predicted octanol–water partition coefficient (Wildman–Crippen LogP) is 14.2. The number of aliphatic hydroxyl groups excluding tert-OH is 3. The van der Waals surface area contributed by atoms with Crippen LogP contribution in [-0.4, -0.2) is 62.9 Å². The van der Waals surface area contributed by atoms with Crippen molar-refractivity contribution in [3.05, 3.63) is 0 Å². The highest BCUT2D eigenvalue weighted by Gasteiger charge is 2.31. The van der Waals surface area contributed by atoms with Crippen LogP contribution in [-0.2, 0) is 4.79 Å². The molecule has 4 nitrogen and oxygen atoms in total. The van der Waals surface area contributed by atoms with E-state index in [4.69, 9.17) is 0 Å². The van der Waals surface area contributed by atoms with Crippen LogP contribution in [0.5, 0.6) is 0 Å². The van der Waals surface area contributed by atoms with E-state index in [0.29, 0.717) is 5.75 Å². The third-order valence-corrected chi connectivity index (χ3v) is 16.0. The molecular formula is C47H96O4S. The van der Waals surface area contributed by atoms with Crippen LogP contribution in [0, 0.1) is 0 Å². The highest BCUT2D eigenvalue weighted by molar-refractivity contribution is 8.34. The maximum absolute atomic E-state index is 13.4. The van der Waals surface area contributed by atoms with Gasteiger partial charge in [0.15, 0.2) is 5.78 Å². The smallest absolute Gasteiger partial charge is 0.172 e. The molecule has 2 unspecified atom stereocenters. The number of carbonyl (C=O) groups is 1. The van der Waals surface area contributed by atoms with Gasteiger partial charge >= 0.3 is 0 Å². The molecule has 0 aromatic heterocycles. The van der Waals surface area contributed by atoms with E-state index in [1.165, 1.54) is 231 Å². The standard InChI is InChI=1S/C47H96O4S/c1-4-7-10-13-16-19-22-25-28-31-34-37-40-52(44-46(50)47(51)45(49)43-48,41-38-35-32-29-26-23-20-17-14-11-8-5-2)42-39-36-33-30-27-24-21-18-15-12-9-6-3/h45,47-49,51H,4-44H2,1-3H3. The molecule has 0 saturated carbocycles. The first-order valence-electron chi connectivity index (χ1n) is 23.7. The summed E-state index contributed by atoms with van der Waals surface area (Å²) in [5, 5.41) is 30.2. The van der Waals surface area contributed by atoms with Crippen molar-refractivity contribution in [2.24, 2.45) is 0 Å². The summed E-state index contributed by atoms with van der Waals surface area (Å²) in [4.78, 5) is 13.4. The summed E-state index contributed by atoms with van der Waals surface area (Å²) in [5.41, 5.74) is 0. The Hall–Kier alpha value is -0.100. The predicted molar refractivity (Wildman–Crippen MR) is 234 cm³/mol. The van der Waals surface area contributed by atoms with Gasteiger partial charge in [0, 0.05) is 5.75 Å². The first-order chi connectivity index (χ1) is 25.5. The van der Waals surface area contributed by atoms with E-state index in [9.17, 15) is 20.1 Å². The number of aliphatic hydroxyl groups is 3. The summed E-state index contributed by atoms with van der Waals surface area (Å²) in [5.74, 6) is 3.60. The lowest BCUT2D eigenvalue weighted by molar-refractivity contribution is -0.131. The van der Waals surface area contributed by atoms with Crippen LogP contribution in [0.3, 0.4) is 0 Å². The third-order valence-electron chi connectivity index (χ3n) is 11.6. The molecule has 5 heteroatoms. The summed E-state index contributed by atoms with van der Waals surface area (Å²) in [7, 11) is -1.22. The van der Waals surface area contributed by atoms with Gasteiger partial charge in [0.25, 0.3) is 0 Å².